The smallest absolute Gasteiger partial charge is 0.263 e. The van der Waals surface area contributed by atoms with Crippen molar-refractivity contribution >= 4 is 27.3 Å². The number of hydrogen-bond donors (Lipinski definition) is 2. The van der Waals surface area contributed by atoms with Gasteiger partial charge in [-0.1, -0.05) is 0 Å². The number of ether oxygens (including phenoxy) is 1. The van der Waals surface area contributed by atoms with Crippen LogP contribution in [0.1, 0.15) is 12.5 Å². The number of nitrogens with zero attached hydrogens (tertiary/aromatic N) is 3. The van der Waals surface area contributed by atoms with Gasteiger partial charge < -0.3 is 10.1 Å². The van der Waals surface area contributed by atoms with Gasteiger partial charge in [0.15, 0.2) is 11.6 Å². The molecule has 2 N–H and O–H groups in total. The molecule has 0 spiro atoms. The van der Waals surface area contributed by atoms with E-state index < -0.39 is 10.0 Å². The number of hydrogen-bond acceptors (Lipinski definition) is 7. The Morgan fingerprint density at radius 3 is 2.18 bits per heavy atom. The lowest BCUT2D eigenvalue weighted by Gasteiger charge is -2.09. The maximum Gasteiger partial charge on any atom is 0.263 e. The van der Waals surface area contributed by atoms with E-state index in [0.29, 0.717) is 23.7 Å². The van der Waals surface area contributed by atoms with Crippen LogP contribution in [-0.2, 0) is 10.0 Å². The van der Waals surface area contributed by atoms with Crippen LogP contribution in [0.4, 0.5) is 17.3 Å². The molecule has 0 amide bonds. The molecule has 0 saturated carbocycles. The van der Waals surface area contributed by atoms with Crippen LogP contribution in [0.2, 0.25) is 0 Å². The molecule has 8 nitrogen and oxygen atoms in total. The van der Waals surface area contributed by atoms with Crippen molar-refractivity contribution in [1.29, 1.82) is 5.26 Å². The quantitative estimate of drug-likeness (QED) is 0.630. The van der Waals surface area contributed by atoms with Crippen LogP contribution in [0.15, 0.2) is 65.6 Å². The van der Waals surface area contributed by atoms with Crippen molar-refractivity contribution in [1.82, 2.24) is 10.2 Å². The van der Waals surface area contributed by atoms with Crippen LogP contribution < -0.4 is 14.8 Å². The zero-order chi connectivity index (χ0) is 20.0. The molecule has 0 unspecified atom stereocenters. The fraction of sp³-hybridized carbons (Fsp3) is 0.105. The Bertz CT molecular complexity index is 1070. The molecule has 0 bridgehead atoms. The maximum atomic E-state index is 12.4. The minimum absolute atomic E-state index is 0.0949. The first-order valence-corrected chi connectivity index (χ1v) is 9.85. The first kappa shape index (κ1) is 19.1. The van der Waals surface area contributed by atoms with Crippen molar-refractivity contribution in [2.24, 2.45) is 0 Å². The monoisotopic (exact) mass is 395 g/mol. The topological polar surface area (TPSA) is 117 Å². The Balaban J connectivity index is 1.68. The van der Waals surface area contributed by atoms with Crippen LogP contribution in [0.5, 0.6) is 5.75 Å². The van der Waals surface area contributed by atoms with E-state index in [0.717, 1.165) is 5.69 Å². The number of anilines is 3. The van der Waals surface area contributed by atoms with Crippen molar-refractivity contribution in [3.63, 3.8) is 0 Å². The van der Waals surface area contributed by atoms with E-state index >= 15 is 0 Å². The van der Waals surface area contributed by atoms with Crippen LogP contribution >= 0.6 is 0 Å². The van der Waals surface area contributed by atoms with Crippen LogP contribution in [0.3, 0.4) is 0 Å². The third-order valence-corrected chi connectivity index (χ3v) is 5.01. The number of nitriles is 1. The highest BCUT2D eigenvalue weighted by molar-refractivity contribution is 7.92. The van der Waals surface area contributed by atoms with E-state index in [4.69, 9.17) is 10.00 Å². The van der Waals surface area contributed by atoms with Gasteiger partial charge in [-0.2, -0.15) is 5.26 Å². The largest absolute Gasteiger partial charge is 0.494 e. The van der Waals surface area contributed by atoms with Gasteiger partial charge in [-0.05, 0) is 67.6 Å². The second-order valence-corrected chi connectivity index (χ2v) is 7.31. The average Bonchev–Trinajstić information content (AvgIpc) is 2.70. The van der Waals surface area contributed by atoms with E-state index in [9.17, 15) is 8.42 Å². The van der Waals surface area contributed by atoms with Crippen molar-refractivity contribution in [3.8, 4) is 11.8 Å². The fourth-order valence-corrected chi connectivity index (χ4v) is 3.30. The van der Waals surface area contributed by atoms with Crippen molar-refractivity contribution in [2.75, 3.05) is 16.6 Å². The summed E-state index contributed by atoms with van der Waals surface area (Å²) in [6.07, 6.45) is 0. The normalized spacial score (nSPS) is 10.7. The molecule has 3 rings (SSSR count). The van der Waals surface area contributed by atoms with Gasteiger partial charge in [0.2, 0.25) is 0 Å². The summed E-state index contributed by atoms with van der Waals surface area (Å²) in [5.74, 6) is 1.13. The summed E-state index contributed by atoms with van der Waals surface area (Å²) in [5.41, 5.74) is 1.28. The Labute approximate surface area is 162 Å². The maximum absolute atomic E-state index is 12.4. The minimum Gasteiger partial charge on any atom is -0.494 e. The van der Waals surface area contributed by atoms with Gasteiger partial charge in [0, 0.05) is 5.69 Å². The number of aromatic nitrogens is 2. The highest BCUT2D eigenvalue weighted by atomic mass is 32.2. The highest BCUT2D eigenvalue weighted by Gasteiger charge is 2.15. The lowest BCUT2D eigenvalue weighted by Crippen LogP contribution is -2.14. The van der Waals surface area contributed by atoms with Crippen molar-refractivity contribution in [2.45, 2.75) is 11.8 Å². The van der Waals surface area contributed by atoms with Gasteiger partial charge in [-0.25, -0.2) is 8.42 Å². The molecule has 9 heteroatoms. The summed E-state index contributed by atoms with van der Waals surface area (Å²) >= 11 is 0. The van der Waals surface area contributed by atoms with E-state index in [2.05, 4.69) is 20.2 Å². The summed E-state index contributed by atoms with van der Waals surface area (Å²) in [7, 11) is -3.78. The molecule has 0 atom stereocenters. The first-order valence-electron chi connectivity index (χ1n) is 8.37. The minimum atomic E-state index is -3.78. The molecule has 0 aliphatic heterocycles. The predicted octanol–water partition coefficient (Wildman–Crippen LogP) is 3.29. The van der Waals surface area contributed by atoms with Gasteiger partial charge in [-0.3, -0.25) is 4.72 Å². The third kappa shape index (κ3) is 4.75. The molecule has 0 aliphatic rings. The second kappa shape index (κ2) is 8.37. The molecule has 3 aromatic rings. The lowest BCUT2D eigenvalue weighted by molar-refractivity contribution is 0.340. The molecule has 0 radical (unpaired) electrons. The summed E-state index contributed by atoms with van der Waals surface area (Å²) in [6.45, 7) is 2.35. The Morgan fingerprint density at radius 2 is 1.61 bits per heavy atom. The zero-order valence-corrected chi connectivity index (χ0v) is 15.8. The van der Waals surface area contributed by atoms with Gasteiger partial charge >= 0.3 is 0 Å². The van der Waals surface area contributed by atoms with Gasteiger partial charge in [0.25, 0.3) is 10.0 Å². The first-order chi connectivity index (χ1) is 13.5. The predicted molar refractivity (Wildman–Crippen MR) is 105 cm³/mol. The third-order valence-electron chi connectivity index (χ3n) is 3.63. The molecule has 142 valence electrons. The molecule has 2 aromatic carbocycles. The van der Waals surface area contributed by atoms with E-state index in [1.54, 1.807) is 42.5 Å². The standard InChI is InChI=1S/C19H17N5O3S/c1-2-27-16-7-9-17(10-8-16)28(25,26)24-19-12-11-18(22-23-19)21-15-5-3-14(13-20)4-6-15/h3-12H,2H2,1H3,(H,21,22)(H,23,24). The summed E-state index contributed by atoms with van der Waals surface area (Å²) in [6, 6.07) is 18.1. The number of nitrogens with one attached hydrogen (secondary N) is 2. The SMILES string of the molecule is CCOc1ccc(S(=O)(=O)Nc2ccc(Nc3ccc(C#N)cc3)nn2)cc1. The van der Waals surface area contributed by atoms with Gasteiger partial charge in [0.05, 0.1) is 23.1 Å². The van der Waals surface area contributed by atoms with Crippen LogP contribution in [-0.4, -0.2) is 25.2 Å². The molecule has 0 saturated heterocycles. The number of benzene rings is 2. The molecular weight excluding hydrogens is 378 g/mol. The number of rotatable bonds is 7. The molecule has 0 aliphatic carbocycles. The van der Waals surface area contributed by atoms with Crippen LogP contribution in [0.25, 0.3) is 0 Å². The summed E-state index contributed by atoms with van der Waals surface area (Å²) in [4.78, 5) is 0.0949. The summed E-state index contributed by atoms with van der Waals surface area (Å²) in [5, 5.41) is 19.7. The Hall–Kier alpha value is -3.64. The summed E-state index contributed by atoms with van der Waals surface area (Å²) < 4.78 is 32.6. The number of sulfonamides is 1. The molecule has 0 fully saturated rings. The van der Waals surface area contributed by atoms with E-state index in [-0.39, 0.29) is 10.7 Å². The van der Waals surface area contributed by atoms with Gasteiger partial charge in [0.1, 0.15) is 5.75 Å². The van der Waals surface area contributed by atoms with Crippen molar-refractivity contribution in [3.05, 3.63) is 66.2 Å². The Morgan fingerprint density at radius 1 is 0.964 bits per heavy atom. The lowest BCUT2D eigenvalue weighted by atomic mass is 10.2. The van der Waals surface area contributed by atoms with E-state index in [1.807, 2.05) is 13.0 Å². The average molecular weight is 395 g/mol. The van der Waals surface area contributed by atoms with Crippen LogP contribution in [0, 0.1) is 11.3 Å². The zero-order valence-electron chi connectivity index (χ0n) is 15.0. The van der Waals surface area contributed by atoms with Crippen molar-refractivity contribution < 1.29 is 13.2 Å². The molecular formula is C19H17N5O3S. The Kier molecular flexibility index (Phi) is 5.72. The molecule has 1 heterocycles. The van der Waals surface area contributed by atoms with Gasteiger partial charge in [-0.15, -0.1) is 10.2 Å². The fourth-order valence-electron chi connectivity index (χ4n) is 2.31. The van der Waals surface area contributed by atoms with E-state index in [1.165, 1.54) is 18.2 Å². The highest BCUT2D eigenvalue weighted by Crippen LogP contribution is 2.19. The molecule has 28 heavy (non-hydrogen) atoms. The second-order valence-electron chi connectivity index (χ2n) is 5.63. The molecule has 1 aromatic heterocycles.